The van der Waals surface area contributed by atoms with Crippen molar-refractivity contribution < 1.29 is 17.9 Å². The van der Waals surface area contributed by atoms with E-state index in [-0.39, 0.29) is 17.3 Å². The highest BCUT2D eigenvalue weighted by Gasteiger charge is 2.26. The molecule has 1 aliphatic rings. The molecule has 134 valence electrons. The van der Waals surface area contributed by atoms with Crippen LogP contribution in [-0.2, 0) is 22.4 Å². The van der Waals surface area contributed by atoms with E-state index >= 15 is 0 Å². The number of aromatic nitrogens is 2. The molecule has 0 radical (unpaired) electrons. The fraction of sp³-hybridized carbons (Fsp3) is 0.118. The van der Waals surface area contributed by atoms with Crippen LogP contribution in [0.2, 0.25) is 0 Å². The summed E-state index contributed by atoms with van der Waals surface area (Å²) >= 11 is 1.49. The van der Waals surface area contributed by atoms with Crippen molar-refractivity contribution in [3.05, 3.63) is 59.5 Å². The molecule has 0 amide bonds. The van der Waals surface area contributed by atoms with Gasteiger partial charge in [0.05, 0.1) is 27.8 Å². The zero-order valence-electron chi connectivity index (χ0n) is 13.4. The second kappa shape index (κ2) is 6.20. The van der Waals surface area contributed by atoms with E-state index in [2.05, 4.69) is 5.10 Å². The highest BCUT2D eigenvalue weighted by Crippen LogP contribution is 2.44. The highest BCUT2D eigenvalue weighted by atomic mass is 32.2. The van der Waals surface area contributed by atoms with Gasteiger partial charge in [-0.25, -0.2) is 22.6 Å². The Morgan fingerprint density at radius 2 is 1.96 bits per heavy atom. The number of sulfonamides is 1. The Morgan fingerprint density at radius 1 is 1.23 bits per heavy atom. The molecule has 3 aromatic rings. The molecule has 0 saturated carbocycles. The summed E-state index contributed by atoms with van der Waals surface area (Å²) in [6.45, 7) is -0.228. The summed E-state index contributed by atoms with van der Waals surface area (Å²) in [5, 5.41) is 19.3. The Labute approximate surface area is 153 Å². The first-order chi connectivity index (χ1) is 12.4. The normalized spacial score (nSPS) is 13.3. The summed E-state index contributed by atoms with van der Waals surface area (Å²) in [5.41, 5.74) is 3.57. The molecule has 9 heteroatoms. The van der Waals surface area contributed by atoms with Gasteiger partial charge in [-0.05, 0) is 48.0 Å². The molecule has 26 heavy (non-hydrogen) atoms. The van der Waals surface area contributed by atoms with Crippen LogP contribution in [-0.4, -0.2) is 23.3 Å². The minimum Gasteiger partial charge on any atom is -0.390 e. The average Bonchev–Trinajstić information content (AvgIpc) is 3.00. The number of aliphatic hydroxyl groups is 1. The maximum absolute atomic E-state index is 13.6. The van der Waals surface area contributed by atoms with Gasteiger partial charge in [-0.15, -0.1) is 11.8 Å². The summed E-state index contributed by atoms with van der Waals surface area (Å²) in [6.07, 6.45) is 0. The van der Waals surface area contributed by atoms with Crippen molar-refractivity contribution in [3.63, 3.8) is 0 Å². The molecule has 0 saturated heterocycles. The number of fused-ring (bicyclic) bond motifs is 3. The maximum atomic E-state index is 13.6. The number of aliphatic hydroxyl groups excluding tert-OH is 1. The first kappa shape index (κ1) is 17.2. The molecule has 0 bridgehead atoms. The number of primary sulfonamides is 1. The fourth-order valence-corrected chi connectivity index (χ4v) is 4.63. The molecule has 0 aliphatic carbocycles. The predicted octanol–water partition coefficient (Wildman–Crippen LogP) is 2.42. The quantitative estimate of drug-likeness (QED) is 0.715. The SMILES string of the molecule is NS(=O)(=O)c1ccc(-n2nc(CO)c3c2-c2ccc(F)cc2CS3)cc1. The van der Waals surface area contributed by atoms with Gasteiger partial charge in [0.25, 0.3) is 0 Å². The number of benzene rings is 2. The van der Waals surface area contributed by atoms with E-state index in [1.165, 1.54) is 36.0 Å². The minimum absolute atomic E-state index is 0.00139. The van der Waals surface area contributed by atoms with E-state index < -0.39 is 10.0 Å². The van der Waals surface area contributed by atoms with Crippen LogP contribution in [0, 0.1) is 5.82 Å². The van der Waals surface area contributed by atoms with Crippen molar-refractivity contribution in [2.75, 3.05) is 0 Å². The molecular weight excluding hydrogens is 377 g/mol. The van der Waals surface area contributed by atoms with E-state index in [9.17, 15) is 17.9 Å². The molecule has 3 N–H and O–H groups in total. The van der Waals surface area contributed by atoms with Crippen LogP contribution in [0.25, 0.3) is 16.9 Å². The molecule has 4 rings (SSSR count). The number of hydrogen-bond acceptors (Lipinski definition) is 5. The van der Waals surface area contributed by atoms with Crippen molar-refractivity contribution >= 4 is 21.8 Å². The Balaban J connectivity index is 1.91. The van der Waals surface area contributed by atoms with E-state index in [0.717, 1.165) is 21.7 Å². The standard InChI is InChI=1S/C17H14FN3O3S2/c18-11-1-6-14-10(7-11)9-25-17-15(8-22)20-21(16(14)17)12-2-4-13(5-3-12)26(19,23)24/h1-7,22H,8-9H2,(H2,19,23,24). The lowest BCUT2D eigenvalue weighted by atomic mass is 10.0. The van der Waals surface area contributed by atoms with Crippen LogP contribution >= 0.6 is 11.8 Å². The number of nitrogens with two attached hydrogens (primary N) is 1. The first-order valence-corrected chi connectivity index (χ1v) is 10.2. The second-order valence-corrected chi connectivity index (χ2v) is 8.37. The Kier molecular flexibility index (Phi) is 4.11. The van der Waals surface area contributed by atoms with Crippen LogP contribution in [0.3, 0.4) is 0 Å². The van der Waals surface area contributed by atoms with E-state index in [1.807, 2.05) is 0 Å². The molecule has 6 nitrogen and oxygen atoms in total. The predicted molar refractivity (Wildman–Crippen MR) is 95.8 cm³/mol. The van der Waals surface area contributed by atoms with Crippen LogP contribution in [0.15, 0.2) is 52.3 Å². The van der Waals surface area contributed by atoms with Gasteiger partial charge in [-0.2, -0.15) is 5.10 Å². The van der Waals surface area contributed by atoms with Crippen molar-refractivity contribution in [2.45, 2.75) is 22.2 Å². The van der Waals surface area contributed by atoms with Gasteiger partial charge in [-0.1, -0.05) is 0 Å². The summed E-state index contributed by atoms with van der Waals surface area (Å²) < 4.78 is 38.1. The van der Waals surface area contributed by atoms with E-state index in [1.54, 1.807) is 22.9 Å². The summed E-state index contributed by atoms with van der Waals surface area (Å²) in [5.74, 6) is 0.280. The van der Waals surface area contributed by atoms with Gasteiger partial charge in [0.15, 0.2) is 0 Å². The Morgan fingerprint density at radius 3 is 2.62 bits per heavy atom. The van der Waals surface area contributed by atoms with Gasteiger partial charge in [0.2, 0.25) is 10.0 Å². The van der Waals surface area contributed by atoms with Gasteiger partial charge in [0.1, 0.15) is 11.5 Å². The maximum Gasteiger partial charge on any atom is 0.238 e. The summed E-state index contributed by atoms with van der Waals surface area (Å²) in [4.78, 5) is 0.837. The van der Waals surface area contributed by atoms with Crippen molar-refractivity contribution in [3.8, 4) is 16.9 Å². The third-order valence-corrected chi connectivity index (χ3v) is 6.27. The van der Waals surface area contributed by atoms with Gasteiger partial charge in [-0.3, -0.25) is 0 Å². The van der Waals surface area contributed by atoms with Crippen LogP contribution < -0.4 is 5.14 Å². The van der Waals surface area contributed by atoms with Crippen LogP contribution in [0.5, 0.6) is 0 Å². The summed E-state index contributed by atoms with van der Waals surface area (Å²) in [7, 11) is -3.79. The molecule has 2 aromatic carbocycles. The Bertz CT molecular complexity index is 1110. The monoisotopic (exact) mass is 391 g/mol. The fourth-order valence-electron chi connectivity index (χ4n) is 2.97. The number of nitrogens with zero attached hydrogens (tertiary/aromatic N) is 2. The number of hydrogen-bond donors (Lipinski definition) is 2. The third kappa shape index (κ3) is 2.82. The number of thioether (sulfide) groups is 1. The number of rotatable bonds is 3. The summed E-state index contributed by atoms with van der Waals surface area (Å²) in [6, 6.07) is 10.6. The van der Waals surface area contributed by atoms with Crippen molar-refractivity contribution in [2.24, 2.45) is 5.14 Å². The highest BCUT2D eigenvalue weighted by molar-refractivity contribution is 7.98. The van der Waals surface area contributed by atoms with E-state index in [0.29, 0.717) is 17.1 Å². The molecule has 0 fully saturated rings. The lowest BCUT2D eigenvalue weighted by molar-refractivity contribution is 0.273. The molecule has 0 atom stereocenters. The number of halogens is 1. The largest absolute Gasteiger partial charge is 0.390 e. The molecule has 1 aliphatic heterocycles. The lowest BCUT2D eigenvalue weighted by Crippen LogP contribution is -2.12. The van der Waals surface area contributed by atoms with Gasteiger partial charge >= 0.3 is 0 Å². The van der Waals surface area contributed by atoms with Crippen molar-refractivity contribution in [1.29, 1.82) is 0 Å². The topological polar surface area (TPSA) is 98.2 Å². The molecule has 0 spiro atoms. The third-order valence-electron chi connectivity index (χ3n) is 4.16. The van der Waals surface area contributed by atoms with Gasteiger partial charge in [0, 0.05) is 11.3 Å². The minimum atomic E-state index is -3.79. The Hall–Kier alpha value is -2.20. The smallest absolute Gasteiger partial charge is 0.238 e. The zero-order valence-corrected chi connectivity index (χ0v) is 15.0. The molecule has 2 heterocycles. The van der Waals surface area contributed by atoms with E-state index in [4.69, 9.17) is 5.14 Å². The second-order valence-electron chi connectivity index (χ2n) is 5.82. The van der Waals surface area contributed by atoms with Crippen LogP contribution in [0.4, 0.5) is 4.39 Å². The average molecular weight is 391 g/mol. The van der Waals surface area contributed by atoms with Crippen LogP contribution in [0.1, 0.15) is 11.3 Å². The van der Waals surface area contributed by atoms with Gasteiger partial charge < -0.3 is 5.11 Å². The first-order valence-electron chi connectivity index (χ1n) is 7.66. The van der Waals surface area contributed by atoms with Crippen molar-refractivity contribution in [1.82, 2.24) is 9.78 Å². The molecule has 1 aromatic heterocycles. The molecule has 0 unspecified atom stereocenters. The zero-order chi connectivity index (χ0) is 18.5. The lowest BCUT2D eigenvalue weighted by Gasteiger charge is -2.18. The molecular formula is C17H14FN3O3S2.